The Kier molecular flexibility index (Phi) is 2.00. The van der Waals surface area contributed by atoms with Crippen molar-refractivity contribution in [2.24, 2.45) is 0 Å². The normalized spacial score (nSPS) is 10.4. The van der Waals surface area contributed by atoms with E-state index in [9.17, 15) is 4.79 Å². The Morgan fingerprint density at radius 1 is 1.50 bits per heavy atom. The fraction of sp³-hybridized carbons (Fsp3) is 0.182. The second-order valence-corrected chi connectivity index (χ2v) is 3.10. The predicted molar refractivity (Wildman–Crippen MR) is 52.9 cm³/mol. The van der Waals surface area contributed by atoms with Crippen LogP contribution in [-0.4, -0.2) is 13.4 Å². The maximum absolute atomic E-state index is 10.8. The number of aryl methyl sites for hydroxylation is 1. The minimum Gasteiger partial charge on any atom is -0.495 e. The number of furan rings is 1. The van der Waals surface area contributed by atoms with E-state index in [1.54, 1.807) is 25.5 Å². The van der Waals surface area contributed by atoms with Crippen LogP contribution in [0.3, 0.4) is 0 Å². The lowest BCUT2D eigenvalue weighted by Crippen LogP contribution is -1.92. The van der Waals surface area contributed by atoms with Gasteiger partial charge in [0.2, 0.25) is 0 Å². The van der Waals surface area contributed by atoms with Gasteiger partial charge in [0, 0.05) is 0 Å². The van der Waals surface area contributed by atoms with Crippen molar-refractivity contribution >= 4 is 17.3 Å². The standard InChI is InChI=1S/C11H10O3/c1-7-5-8(6-12)11(13-2)9-3-4-14-10(7)9/h3-6H,1-2H3. The van der Waals surface area contributed by atoms with Gasteiger partial charge in [-0.15, -0.1) is 0 Å². The highest BCUT2D eigenvalue weighted by Crippen LogP contribution is 2.32. The first-order valence-corrected chi connectivity index (χ1v) is 4.28. The van der Waals surface area contributed by atoms with Gasteiger partial charge in [-0.25, -0.2) is 0 Å². The quantitative estimate of drug-likeness (QED) is 0.683. The van der Waals surface area contributed by atoms with Gasteiger partial charge in [-0.1, -0.05) is 0 Å². The summed E-state index contributed by atoms with van der Waals surface area (Å²) < 4.78 is 10.5. The molecular formula is C11H10O3. The lowest BCUT2D eigenvalue weighted by atomic mass is 10.1. The lowest BCUT2D eigenvalue weighted by Gasteiger charge is -2.05. The van der Waals surface area contributed by atoms with Crippen LogP contribution < -0.4 is 4.74 Å². The number of carbonyl (C=O) groups is 1. The van der Waals surface area contributed by atoms with Gasteiger partial charge in [-0.05, 0) is 24.6 Å². The number of carbonyl (C=O) groups excluding carboxylic acids is 1. The molecule has 0 aliphatic carbocycles. The first kappa shape index (κ1) is 8.81. The van der Waals surface area contributed by atoms with Crippen molar-refractivity contribution in [3.8, 4) is 5.75 Å². The van der Waals surface area contributed by atoms with E-state index in [2.05, 4.69) is 0 Å². The van der Waals surface area contributed by atoms with Crippen LogP contribution in [0.25, 0.3) is 11.0 Å². The number of ether oxygens (including phenoxy) is 1. The second kappa shape index (κ2) is 3.18. The predicted octanol–water partition coefficient (Wildman–Crippen LogP) is 2.56. The molecule has 2 rings (SSSR count). The summed E-state index contributed by atoms with van der Waals surface area (Å²) in [5, 5.41) is 0.842. The van der Waals surface area contributed by atoms with Crippen molar-refractivity contribution in [3.05, 3.63) is 29.5 Å². The first-order chi connectivity index (χ1) is 6.77. The Hall–Kier alpha value is -1.77. The van der Waals surface area contributed by atoms with E-state index < -0.39 is 0 Å². The summed E-state index contributed by atoms with van der Waals surface area (Å²) in [5.74, 6) is 0.578. The summed E-state index contributed by atoms with van der Waals surface area (Å²) in [5.41, 5.74) is 2.26. The number of hydrogen-bond acceptors (Lipinski definition) is 3. The highest BCUT2D eigenvalue weighted by molar-refractivity contribution is 5.95. The third-order valence-corrected chi connectivity index (χ3v) is 2.23. The highest BCUT2D eigenvalue weighted by Gasteiger charge is 2.12. The molecule has 0 saturated carbocycles. The average Bonchev–Trinajstić information content (AvgIpc) is 2.66. The molecule has 0 unspecified atom stereocenters. The van der Waals surface area contributed by atoms with Gasteiger partial charge in [-0.3, -0.25) is 4.79 Å². The van der Waals surface area contributed by atoms with E-state index in [-0.39, 0.29) is 0 Å². The molecule has 3 nitrogen and oxygen atoms in total. The molecule has 3 heteroatoms. The van der Waals surface area contributed by atoms with Crippen molar-refractivity contribution in [3.63, 3.8) is 0 Å². The monoisotopic (exact) mass is 190 g/mol. The Labute approximate surface area is 81.3 Å². The molecule has 0 N–H and O–H groups in total. The first-order valence-electron chi connectivity index (χ1n) is 4.28. The number of benzene rings is 1. The molecule has 0 radical (unpaired) electrons. The summed E-state index contributed by atoms with van der Waals surface area (Å²) in [6.45, 7) is 1.90. The van der Waals surface area contributed by atoms with Crippen molar-refractivity contribution < 1.29 is 13.9 Å². The SMILES string of the molecule is COc1c(C=O)cc(C)c2occc12. The van der Waals surface area contributed by atoms with E-state index in [0.29, 0.717) is 11.3 Å². The number of hydrogen-bond donors (Lipinski definition) is 0. The largest absolute Gasteiger partial charge is 0.495 e. The average molecular weight is 190 g/mol. The topological polar surface area (TPSA) is 39.4 Å². The van der Waals surface area contributed by atoms with Gasteiger partial charge in [0.15, 0.2) is 6.29 Å². The van der Waals surface area contributed by atoms with Crippen LogP contribution in [0.5, 0.6) is 5.75 Å². The minimum atomic E-state index is 0.555. The minimum absolute atomic E-state index is 0.555. The maximum atomic E-state index is 10.8. The second-order valence-electron chi connectivity index (χ2n) is 3.10. The van der Waals surface area contributed by atoms with E-state index in [1.807, 2.05) is 6.92 Å². The zero-order valence-electron chi connectivity index (χ0n) is 8.03. The fourth-order valence-corrected chi connectivity index (χ4v) is 1.63. The molecule has 0 fully saturated rings. The molecule has 2 aromatic rings. The van der Waals surface area contributed by atoms with Gasteiger partial charge >= 0.3 is 0 Å². The van der Waals surface area contributed by atoms with E-state index >= 15 is 0 Å². The van der Waals surface area contributed by atoms with Crippen molar-refractivity contribution in [1.29, 1.82) is 0 Å². The summed E-state index contributed by atoms with van der Waals surface area (Å²) >= 11 is 0. The van der Waals surface area contributed by atoms with Crippen molar-refractivity contribution in [2.75, 3.05) is 7.11 Å². The van der Waals surface area contributed by atoms with Crippen LogP contribution in [0.1, 0.15) is 15.9 Å². The Balaban J connectivity index is 2.88. The molecule has 0 saturated heterocycles. The zero-order chi connectivity index (χ0) is 10.1. The fourth-order valence-electron chi connectivity index (χ4n) is 1.63. The summed E-state index contributed by atoms with van der Waals surface area (Å²) in [6.07, 6.45) is 2.38. The maximum Gasteiger partial charge on any atom is 0.153 e. The van der Waals surface area contributed by atoms with Crippen molar-refractivity contribution in [1.82, 2.24) is 0 Å². The molecule has 0 atom stereocenters. The van der Waals surface area contributed by atoms with Gasteiger partial charge < -0.3 is 9.15 Å². The molecule has 0 bridgehead atoms. The van der Waals surface area contributed by atoms with Gasteiger partial charge in [-0.2, -0.15) is 0 Å². The molecule has 0 aliphatic heterocycles. The summed E-state index contributed by atoms with van der Waals surface area (Å²) in [6, 6.07) is 3.56. The Bertz CT molecular complexity index is 482. The van der Waals surface area contributed by atoms with Crippen LogP contribution in [-0.2, 0) is 0 Å². The Morgan fingerprint density at radius 2 is 2.29 bits per heavy atom. The third kappa shape index (κ3) is 1.09. The molecular weight excluding hydrogens is 180 g/mol. The van der Waals surface area contributed by atoms with Crippen molar-refractivity contribution in [2.45, 2.75) is 6.92 Å². The molecule has 0 aliphatic rings. The molecule has 72 valence electrons. The third-order valence-electron chi connectivity index (χ3n) is 2.23. The van der Waals surface area contributed by atoms with E-state index in [0.717, 1.165) is 22.8 Å². The number of rotatable bonds is 2. The highest BCUT2D eigenvalue weighted by atomic mass is 16.5. The number of aldehydes is 1. The van der Waals surface area contributed by atoms with E-state index in [1.165, 1.54) is 0 Å². The molecule has 1 heterocycles. The molecule has 0 amide bonds. The van der Waals surface area contributed by atoms with Gasteiger partial charge in [0.1, 0.15) is 11.3 Å². The smallest absolute Gasteiger partial charge is 0.153 e. The van der Waals surface area contributed by atoms with Gasteiger partial charge in [0.05, 0.1) is 24.3 Å². The summed E-state index contributed by atoms with van der Waals surface area (Å²) in [4.78, 5) is 10.8. The molecule has 1 aromatic carbocycles. The zero-order valence-corrected chi connectivity index (χ0v) is 8.03. The summed E-state index contributed by atoms with van der Waals surface area (Å²) in [7, 11) is 1.55. The molecule has 14 heavy (non-hydrogen) atoms. The Morgan fingerprint density at radius 3 is 2.93 bits per heavy atom. The van der Waals surface area contributed by atoms with Crippen LogP contribution in [0.2, 0.25) is 0 Å². The molecule has 0 spiro atoms. The van der Waals surface area contributed by atoms with Crippen LogP contribution in [0.15, 0.2) is 22.8 Å². The molecule has 1 aromatic heterocycles. The van der Waals surface area contributed by atoms with E-state index in [4.69, 9.17) is 9.15 Å². The van der Waals surface area contributed by atoms with Gasteiger partial charge in [0.25, 0.3) is 0 Å². The van der Waals surface area contributed by atoms with Crippen LogP contribution >= 0.6 is 0 Å². The van der Waals surface area contributed by atoms with Crippen LogP contribution in [0, 0.1) is 6.92 Å². The van der Waals surface area contributed by atoms with Crippen LogP contribution in [0.4, 0.5) is 0 Å². The number of methoxy groups -OCH3 is 1. The lowest BCUT2D eigenvalue weighted by molar-refractivity contribution is 0.112. The number of fused-ring (bicyclic) bond motifs is 1.